The van der Waals surface area contributed by atoms with Crippen LogP contribution >= 0.6 is 11.6 Å². The summed E-state index contributed by atoms with van der Waals surface area (Å²) in [6.07, 6.45) is -0.118. The van der Waals surface area contributed by atoms with Gasteiger partial charge in [0, 0.05) is 22.0 Å². The second kappa shape index (κ2) is 10.6. The maximum atomic E-state index is 11.7. The number of carbonyl (C=O) groups is 1. The zero-order valence-electron chi connectivity index (χ0n) is 19.8. The molecule has 3 aromatic carbocycles. The third kappa shape index (κ3) is 5.64. The minimum absolute atomic E-state index is 0.118. The largest absolute Gasteiger partial charge is 0.497 e. The van der Waals surface area contributed by atoms with E-state index in [-0.39, 0.29) is 6.42 Å². The van der Waals surface area contributed by atoms with Gasteiger partial charge in [-0.05, 0) is 78.1 Å². The fourth-order valence-electron chi connectivity index (χ4n) is 4.15. The maximum absolute atomic E-state index is 11.7. The van der Waals surface area contributed by atoms with E-state index in [4.69, 9.17) is 21.1 Å². The highest BCUT2D eigenvalue weighted by molar-refractivity contribution is 6.30. The first-order valence-corrected chi connectivity index (χ1v) is 11.6. The van der Waals surface area contributed by atoms with Gasteiger partial charge in [0.1, 0.15) is 18.1 Å². The van der Waals surface area contributed by atoms with Crippen LogP contribution in [0.3, 0.4) is 0 Å². The Bertz CT molecular complexity index is 1330. The van der Waals surface area contributed by atoms with Crippen LogP contribution in [-0.4, -0.2) is 23.2 Å². The first-order chi connectivity index (χ1) is 16.9. The molecule has 0 fully saturated rings. The fourth-order valence-corrected chi connectivity index (χ4v) is 4.28. The van der Waals surface area contributed by atoms with Crippen molar-refractivity contribution in [1.82, 2.24) is 4.98 Å². The van der Waals surface area contributed by atoms with Crippen LogP contribution in [0.25, 0.3) is 22.3 Å². The van der Waals surface area contributed by atoms with Gasteiger partial charge in [0.25, 0.3) is 0 Å². The highest BCUT2D eigenvalue weighted by Crippen LogP contribution is 2.39. The van der Waals surface area contributed by atoms with E-state index in [9.17, 15) is 9.90 Å². The zero-order chi connectivity index (χ0) is 24.9. The van der Waals surface area contributed by atoms with Crippen LogP contribution in [0, 0.1) is 13.8 Å². The van der Waals surface area contributed by atoms with Gasteiger partial charge in [-0.25, -0.2) is 0 Å². The molecule has 178 valence electrons. The van der Waals surface area contributed by atoms with E-state index >= 15 is 0 Å². The van der Waals surface area contributed by atoms with Crippen molar-refractivity contribution in [3.63, 3.8) is 0 Å². The van der Waals surface area contributed by atoms with Crippen molar-refractivity contribution >= 4 is 17.6 Å². The molecule has 6 heteroatoms. The number of halogens is 1. The number of ether oxygens (including phenoxy) is 2. The molecular weight excluding hydrogens is 462 g/mol. The lowest BCUT2D eigenvalue weighted by Crippen LogP contribution is -2.08. The number of benzene rings is 3. The number of carboxylic acid groups (broad SMARTS) is 1. The summed E-state index contributed by atoms with van der Waals surface area (Å²) in [5.41, 5.74) is 6.86. The molecule has 0 radical (unpaired) electrons. The molecule has 35 heavy (non-hydrogen) atoms. The predicted octanol–water partition coefficient (Wildman–Crippen LogP) is 6.90. The SMILES string of the molecule is COc1ccc(COc2ccc(-c3c(C)nc(C)c(CC(=O)O)c3-c3ccc(Cl)cc3)cc2)cc1. The molecule has 4 aromatic rings. The Labute approximate surface area is 209 Å². The first-order valence-electron chi connectivity index (χ1n) is 11.2. The number of aryl methyl sites for hydroxylation is 2. The molecule has 0 amide bonds. The monoisotopic (exact) mass is 487 g/mol. The minimum Gasteiger partial charge on any atom is -0.497 e. The summed E-state index contributed by atoms with van der Waals surface area (Å²) in [6.45, 7) is 4.23. The van der Waals surface area contributed by atoms with Gasteiger partial charge in [-0.15, -0.1) is 0 Å². The topological polar surface area (TPSA) is 68.7 Å². The summed E-state index contributed by atoms with van der Waals surface area (Å²) in [7, 11) is 1.64. The summed E-state index contributed by atoms with van der Waals surface area (Å²) < 4.78 is 11.2. The molecule has 0 aliphatic rings. The fraction of sp³-hybridized carbons (Fsp3) is 0.172. The van der Waals surface area contributed by atoms with E-state index < -0.39 is 5.97 Å². The number of aliphatic carboxylic acids is 1. The van der Waals surface area contributed by atoms with Crippen molar-refractivity contribution in [3.8, 4) is 33.8 Å². The predicted molar refractivity (Wildman–Crippen MR) is 138 cm³/mol. The van der Waals surface area contributed by atoms with Gasteiger partial charge in [-0.3, -0.25) is 9.78 Å². The van der Waals surface area contributed by atoms with Crippen molar-refractivity contribution in [2.24, 2.45) is 0 Å². The highest BCUT2D eigenvalue weighted by atomic mass is 35.5. The van der Waals surface area contributed by atoms with Crippen LogP contribution < -0.4 is 9.47 Å². The van der Waals surface area contributed by atoms with E-state index in [1.807, 2.05) is 86.6 Å². The number of methoxy groups -OCH3 is 1. The zero-order valence-corrected chi connectivity index (χ0v) is 20.6. The summed E-state index contributed by atoms with van der Waals surface area (Å²) in [6, 6.07) is 23.0. The van der Waals surface area contributed by atoms with Crippen molar-refractivity contribution < 1.29 is 19.4 Å². The number of nitrogens with zero attached hydrogens (tertiary/aromatic N) is 1. The van der Waals surface area contributed by atoms with Crippen LogP contribution in [0.5, 0.6) is 11.5 Å². The van der Waals surface area contributed by atoms with Gasteiger partial charge in [-0.1, -0.05) is 48.0 Å². The number of carboxylic acids is 1. The van der Waals surface area contributed by atoms with Crippen LogP contribution in [0.1, 0.15) is 22.5 Å². The van der Waals surface area contributed by atoms with Gasteiger partial charge in [0.05, 0.1) is 13.5 Å². The van der Waals surface area contributed by atoms with Gasteiger partial charge in [0.15, 0.2) is 0 Å². The lowest BCUT2D eigenvalue weighted by Gasteiger charge is -2.19. The Balaban J connectivity index is 1.70. The van der Waals surface area contributed by atoms with Crippen molar-refractivity contribution in [2.45, 2.75) is 26.9 Å². The lowest BCUT2D eigenvalue weighted by atomic mass is 9.88. The van der Waals surface area contributed by atoms with E-state index in [0.29, 0.717) is 22.9 Å². The molecule has 0 bridgehead atoms. The van der Waals surface area contributed by atoms with Crippen LogP contribution in [0.4, 0.5) is 0 Å². The smallest absolute Gasteiger partial charge is 0.307 e. The molecule has 0 saturated carbocycles. The second-order valence-corrected chi connectivity index (χ2v) is 8.69. The Morgan fingerprint density at radius 2 is 1.40 bits per heavy atom. The van der Waals surface area contributed by atoms with E-state index in [1.54, 1.807) is 7.11 Å². The van der Waals surface area contributed by atoms with Crippen LogP contribution in [0.2, 0.25) is 5.02 Å². The van der Waals surface area contributed by atoms with E-state index in [0.717, 1.165) is 45.0 Å². The second-order valence-electron chi connectivity index (χ2n) is 8.25. The number of pyridine rings is 1. The standard InChI is InChI=1S/C29H26ClNO4/c1-18-26(16-27(32)33)29(22-6-10-23(30)11-7-22)28(19(2)31-18)21-8-14-25(15-9-21)35-17-20-4-12-24(34-3)13-5-20/h4-15H,16-17H2,1-3H3,(H,32,33). The molecule has 1 heterocycles. The Hall–Kier alpha value is -3.83. The first kappa shape index (κ1) is 24.3. The number of aromatic nitrogens is 1. The third-order valence-electron chi connectivity index (χ3n) is 5.85. The Kier molecular flexibility index (Phi) is 7.37. The highest BCUT2D eigenvalue weighted by Gasteiger charge is 2.20. The van der Waals surface area contributed by atoms with Crippen molar-refractivity contribution in [3.05, 3.63) is 100 Å². The number of rotatable bonds is 8. The minimum atomic E-state index is -0.901. The Morgan fingerprint density at radius 1 is 0.829 bits per heavy atom. The van der Waals surface area contributed by atoms with Crippen LogP contribution in [0.15, 0.2) is 72.8 Å². The molecule has 1 N–H and O–H groups in total. The molecular formula is C29H26ClNO4. The summed E-state index contributed by atoms with van der Waals surface area (Å²) in [4.78, 5) is 16.4. The molecule has 1 aromatic heterocycles. The molecule has 0 aliphatic heterocycles. The van der Waals surface area contributed by atoms with Crippen molar-refractivity contribution in [2.75, 3.05) is 7.11 Å². The van der Waals surface area contributed by atoms with Crippen molar-refractivity contribution in [1.29, 1.82) is 0 Å². The molecule has 5 nitrogen and oxygen atoms in total. The molecule has 0 saturated heterocycles. The molecule has 0 spiro atoms. The molecule has 4 rings (SSSR count). The van der Waals surface area contributed by atoms with Crippen LogP contribution in [-0.2, 0) is 17.8 Å². The van der Waals surface area contributed by atoms with Gasteiger partial charge in [-0.2, -0.15) is 0 Å². The maximum Gasteiger partial charge on any atom is 0.307 e. The Morgan fingerprint density at radius 3 is 2.00 bits per heavy atom. The molecule has 0 unspecified atom stereocenters. The average Bonchev–Trinajstić information content (AvgIpc) is 2.85. The summed E-state index contributed by atoms with van der Waals surface area (Å²) >= 11 is 6.12. The summed E-state index contributed by atoms with van der Waals surface area (Å²) in [5.74, 6) is 0.641. The average molecular weight is 488 g/mol. The quantitative estimate of drug-likeness (QED) is 0.292. The van der Waals surface area contributed by atoms with Gasteiger partial charge < -0.3 is 14.6 Å². The third-order valence-corrected chi connectivity index (χ3v) is 6.11. The molecule has 0 aliphatic carbocycles. The van der Waals surface area contributed by atoms with Gasteiger partial charge >= 0.3 is 5.97 Å². The number of hydrogen-bond acceptors (Lipinski definition) is 4. The van der Waals surface area contributed by atoms with E-state index in [1.165, 1.54) is 0 Å². The van der Waals surface area contributed by atoms with E-state index in [2.05, 4.69) is 4.98 Å². The number of hydrogen-bond donors (Lipinski definition) is 1. The molecule has 0 atom stereocenters. The summed E-state index contributed by atoms with van der Waals surface area (Å²) in [5, 5.41) is 10.2. The lowest BCUT2D eigenvalue weighted by molar-refractivity contribution is -0.136. The normalized spacial score (nSPS) is 10.7. The van der Waals surface area contributed by atoms with Gasteiger partial charge in [0.2, 0.25) is 0 Å².